The van der Waals surface area contributed by atoms with E-state index in [0.29, 0.717) is 0 Å². The summed E-state index contributed by atoms with van der Waals surface area (Å²) in [5, 5.41) is 3.48. The van der Waals surface area contributed by atoms with Crippen LogP contribution < -0.4 is 11.1 Å². The number of nitrogens with two attached hydrogens (primary N) is 1. The van der Waals surface area contributed by atoms with Crippen molar-refractivity contribution >= 4 is 11.4 Å². The molecule has 1 aromatic rings. The fourth-order valence-electron chi connectivity index (χ4n) is 1.81. The number of nitrogens with one attached hydrogen (secondary N) is 1. The lowest BCUT2D eigenvalue weighted by molar-refractivity contribution is 0.786. The zero-order valence-corrected chi connectivity index (χ0v) is 8.88. The van der Waals surface area contributed by atoms with Gasteiger partial charge in [0, 0.05) is 17.9 Å². The van der Waals surface area contributed by atoms with Crippen molar-refractivity contribution in [1.29, 1.82) is 0 Å². The first-order valence-electron chi connectivity index (χ1n) is 5.27. The number of aryl methyl sites for hydroxylation is 1. The molecule has 1 aliphatic carbocycles. The van der Waals surface area contributed by atoms with Crippen molar-refractivity contribution in [1.82, 2.24) is 0 Å². The average Bonchev–Trinajstić information content (AvgIpc) is 2.80. The first kappa shape index (κ1) is 9.38. The normalized spacial score (nSPS) is 24.7. The molecule has 2 nitrogen and oxygen atoms in total. The zero-order chi connectivity index (χ0) is 10.1. The largest absolute Gasteiger partial charge is 0.399 e. The predicted octanol–water partition coefficient (Wildman–Crippen LogP) is 2.65. The topological polar surface area (TPSA) is 38.0 Å². The van der Waals surface area contributed by atoms with Gasteiger partial charge in [0.05, 0.1) is 0 Å². The minimum atomic E-state index is 0.841. The van der Waals surface area contributed by atoms with Gasteiger partial charge in [-0.25, -0.2) is 0 Å². The minimum Gasteiger partial charge on any atom is -0.399 e. The molecular formula is C12H18N2. The average molecular weight is 190 g/mol. The van der Waals surface area contributed by atoms with Gasteiger partial charge in [-0.2, -0.15) is 0 Å². The summed E-state index contributed by atoms with van der Waals surface area (Å²) in [5.41, 5.74) is 8.99. The van der Waals surface area contributed by atoms with E-state index in [1.807, 2.05) is 12.1 Å². The summed E-state index contributed by atoms with van der Waals surface area (Å²) >= 11 is 0. The van der Waals surface area contributed by atoms with Crippen LogP contribution in [0.2, 0.25) is 0 Å². The van der Waals surface area contributed by atoms with Crippen molar-refractivity contribution in [2.75, 3.05) is 17.6 Å². The molecule has 0 aromatic heterocycles. The summed E-state index contributed by atoms with van der Waals surface area (Å²) in [5.74, 6) is 1.79. The van der Waals surface area contributed by atoms with Crippen LogP contribution in [-0.2, 0) is 0 Å². The van der Waals surface area contributed by atoms with E-state index in [4.69, 9.17) is 5.73 Å². The molecule has 2 rings (SSSR count). The molecule has 14 heavy (non-hydrogen) atoms. The maximum Gasteiger partial charge on any atom is 0.0371 e. The third kappa shape index (κ3) is 2.00. The van der Waals surface area contributed by atoms with Gasteiger partial charge >= 0.3 is 0 Å². The highest BCUT2D eigenvalue weighted by molar-refractivity contribution is 5.57. The number of nitrogen functional groups attached to an aromatic ring is 1. The van der Waals surface area contributed by atoms with Gasteiger partial charge in [0.1, 0.15) is 0 Å². The molecule has 1 aliphatic rings. The summed E-state index contributed by atoms with van der Waals surface area (Å²) in [6, 6.07) is 6.03. The van der Waals surface area contributed by atoms with Gasteiger partial charge in [-0.3, -0.25) is 0 Å². The maximum atomic E-state index is 5.69. The second kappa shape index (κ2) is 3.52. The van der Waals surface area contributed by atoms with E-state index in [9.17, 15) is 0 Å². The Hall–Kier alpha value is -1.18. The van der Waals surface area contributed by atoms with Crippen molar-refractivity contribution in [2.24, 2.45) is 11.8 Å². The van der Waals surface area contributed by atoms with Crippen LogP contribution in [0.3, 0.4) is 0 Å². The van der Waals surface area contributed by atoms with Crippen molar-refractivity contribution in [3.05, 3.63) is 23.8 Å². The highest BCUT2D eigenvalue weighted by Gasteiger charge is 2.31. The molecule has 76 valence electrons. The Morgan fingerprint density at radius 3 is 2.79 bits per heavy atom. The summed E-state index contributed by atoms with van der Waals surface area (Å²) < 4.78 is 0. The summed E-state index contributed by atoms with van der Waals surface area (Å²) in [4.78, 5) is 0. The van der Waals surface area contributed by atoms with E-state index >= 15 is 0 Å². The lowest BCUT2D eigenvalue weighted by Gasteiger charge is -2.09. The van der Waals surface area contributed by atoms with E-state index in [-0.39, 0.29) is 0 Å². The monoisotopic (exact) mass is 190 g/mol. The Morgan fingerprint density at radius 1 is 1.50 bits per heavy atom. The Bertz CT molecular complexity index is 333. The van der Waals surface area contributed by atoms with Crippen molar-refractivity contribution in [3.8, 4) is 0 Å². The molecule has 0 saturated heterocycles. The molecule has 0 heterocycles. The van der Waals surface area contributed by atoms with Crippen molar-refractivity contribution in [3.63, 3.8) is 0 Å². The van der Waals surface area contributed by atoms with Gasteiger partial charge < -0.3 is 11.1 Å². The Morgan fingerprint density at radius 2 is 2.21 bits per heavy atom. The van der Waals surface area contributed by atoms with Crippen molar-refractivity contribution in [2.45, 2.75) is 20.3 Å². The fraction of sp³-hybridized carbons (Fsp3) is 0.500. The standard InChI is InChI=1S/C12H18N2/c1-8-5-10(8)7-14-12-4-3-11(13)6-9(12)2/h3-4,6,8,10,14H,5,7,13H2,1-2H3. The third-order valence-corrected chi connectivity index (χ3v) is 3.08. The third-order valence-electron chi connectivity index (χ3n) is 3.08. The van der Waals surface area contributed by atoms with Crippen LogP contribution in [0.5, 0.6) is 0 Å². The Labute approximate surface area is 85.5 Å². The molecule has 1 aromatic carbocycles. The van der Waals surface area contributed by atoms with Gasteiger partial charge in [-0.15, -0.1) is 0 Å². The quantitative estimate of drug-likeness (QED) is 0.719. The number of hydrogen-bond acceptors (Lipinski definition) is 2. The van der Waals surface area contributed by atoms with Gasteiger partial charge in [0.15, 0.2) is 0 Å². The minimum absolute atomic E-state index is 0.841. The first-order chi connectivity index (χ1) is 6.66. The van der Waals surface area contributed by atoms with E-state index in [0.717, 1.165) is 24.1 Å². The smallest absolute Gasteiger partial charge is 0.0371 e. The van der Waals surface area contributed by atoms with E-state index in [1.54, 1.807) is 0 Å². The lowest BCUT2D eigenvalue weighted by Crippen LogP contribution is -2.05. The number of anilines is 2. The van der Waals surface area contributed by atoms with Crippen LogP contribution in [0.15, 0.2) is 18.2 Å². The molecule has 2 atom stereocenters. The SMILES string of the molecule is Cc1cc(N)ccc1NCC1CC1C. The molecule has 3 N–H and O–H groups in total. The molecule has 2 unspecified atom stereocenters. The Kier molecular flexibility index (Phi) is 2.36. The lowest BCUT2D eigenvalue weighted by atomic mass is 10.1. The van der Waals surface area contributed by atoms with Crippen molar-refractivity contribution < 1.29 is 0 Å². The van der Waals surface area contributed by atoms with Crippen LogP contribution in [0.1, 0.15) is 18.9 Å². The molecule has 0 amide bonds. The molecule has 0 aliphatic heterocycles. The molecular weight excluding hydrogens is 172 g/mol. The van der Waals surface area contributed by atoms with E-state index in [1.165, 1.54) is 17.7 Å². The molecule has 1 fully saturated rings. The van der Waals surface area contributed by atoms with Gasteiger partial charge in [0.25, 0.3) is 0 Å². The number of hydrogen-bond donors (Lipinski definition) is 2. The zero-order valence-electron chi connectivity index (χ0n) is 8.88. The summed E-state index contributed by atoms with van der Waals surface area (Å²) in [6.07, 6.45) is 1.38. The van der Waals surface area contributed by atoms with E-state index < -0.39 is 0 Å². The molecule has 0 bridgehead atoms. The van der Waals surface area contributed by atoms with Gasteiger partial charge in [-0.1, -0.05) is 6.92 Å². The van der Waals surface area contributed by atoms with Crippen LogP contribution in [-0.4, -0.2) is 6.54 Å². The van der Waals surface area contributed by atoms with Gasteiger partial charge in [-0.05, 0) is 48.9 Å². The van der Waals surface area contributed by atoms with Gasteiger partial charge in [0.2, 0.25) is 0 Å². The highest BCUT2D eigenvalue weighted by atomic mass is 14.9. The summed E-state index contributed by atoms with van der Waals surface area (Å²) in [7, 11) is 0. The molecule has 0 spiro atoms. The first-order valence-corrected chi connectivity index (χ1v) is 5.27. The van der Waals surface area contributed by atoms with Crippen LogP contribution in [0.4, 0.5) is 11.4 Å². The molecule has 1 saturated carbocycles. The number of benzene rings is 1. The predicted molar refractivity (Wildman–Crippen MR) is 61.4 cm³/mol. The molecule has 2 heteroatoms. The molecule has 0 radical (unpaired) electrons. The second-order valence-corrected chi connectivity index (χ2v) is 4.43. The van der Waals surface area contributed by atoms with Crippen LogP contribution in [0.25, 0.3) is 0 Å². The van der Waals surface area contributed by atoms with E-state index in [2.05, 4.69) is 25.2 Å². The second-order valence-electron chi connectivity index (χ2n) is 4.43. The van der Waals surface area contributed by atoms with Crippen LogP contribution in [0, 0.1) is 18.8 Å². The highest BCUT2D eigenvalue weighted by Crippen LogP contribution is 2.37. The fourth-order valence-corrected chi connectivity index (χ4v) is 1.81. The summed E-state index contributed by atoms with van der Waals surface area (Å²) in [6.45, 7) is 5.50. The maximum absolute atomic E-state index is 5.69. The van der Waals surface area contributed by atoms with Crippen LogP contribution >= 0.6 is 0 Å². The Balaban J connectivity index is 1.95. The number of rotatable bonds is 3.